The highest BCUT2D eigenvalue weighted by Gasteiger charge is 2.23. The summed E-state index contributed by atoms with van der Waals surface area (Å²) < 4.78 is 2.44. The SMILES string of the molecule is CC(=O)N1CCc2cc(SN3CCN(c4ccccc4)CC3)ccc21. The maximum absolute atomic E-state index is 11.7. The number of hydrogen-bond acceptors (Lipinski definition) is 4. The highest BCUT2D eigenvalue weighted by atomic mass is 32.2. The molecule has 0 spiro atoms. The van der Waals surface area contributed by atoms with Gasteiger partial charge in [-0.2, -0.15) is 0 Å². The Balaban J connectivity index is 1.37. The van der Waals surface area contributed by atoms with Crippen LogP contribution < -0.4 is 9.80 Å². The Labute approximate surface area is 153 Å². The first-order valence-electron chi connectivity index (χ1n) is 8.85. The second-order valence-electron chi connectivity index (χ2n) is 6.55. The molecule has 0 bridgehead atoms. The fourth-order valence-corrected chi connectivity index (χ4v) is 4.56. The normalized spacial score (nSPS) is 17.6. The van der Waals surface area contributed by atoms with Crippen LogP contribution in [0.1, 0.15) is 12.5 Å². The first kappa shape index (κ1) is 16.5. The molecule has 0 aromatic heterocycles. The molecular formula is C20H23N3OS. The van der Waals surface area contributed by atoms with E-state index in [1.54, 1.807) is 6.92 Å². The van der Waals surface area contributed by atoms with Crippen LogP contribution in [-0.4, -0.2) is 42.9 Å². The number of carbonyl (C=O) groups excluding carboxylic acids is 1. The number of hydrogen-bond donors (Lipinski definition) is 0. The third kappa shape index (κ3) is 3.53. The molecule has 2 aliphatic rings. The zero-order valence-electron chi connectivity index (χ0n) is 14.5. The lowest BCUT2D eigenvalue weighted by Crippen LogP contribution is -2.43. The van der Waals surface area contributed by atoms with E-state index >= 15 is 0 Å². The van der Waals surface area contributed by atoms with Crippen molar-refractivity contribution in [3.63, 3.8) is 0 Å². The molecule has 0 radical (unpaired) electrons. The van der Waals surface area contributed by atoms with Gasteiger partial charge >= 0.3 is 0 Å². The molecule has 2 aromatic rings. The molecule has 2 aromatic carbocycles. The number of para-hydroxylation sites is 1. The Morgan fingerprint density at radius 2 is 1.72 bits per heavy atom. The summed E-state index contributed by atoms with van der Waals surface area (Å²) in [5, 5.41) is 0. The van der Waals surface area contributed by atoms with E-state index in [9.17, 15) is 4.79 Å². The van der Waals surface area contributed by atoms with Crippen LogP contribution in [0.5, 0.6) is 0 Å². The van der Waals surface area contributed by atoms with Crippen LogP contribution in [0.25, 0.3) is 0 Å². The van der Waals surface area contributed by atoms with Crippen molar-refractivity contribution in [3.05, 3.63) is 54.1 Å². The topological polar surface area (TPSA) is 26.8 Å². The summed E-state index contributed by atoms with van der Waals surface area (Å²) in [7, 11) is 0. The Morgan fingerprint density at radius 1 is 0.960 bits per heavy atom. The number of piperazine rings is 1. The molecule has 0 N–H and O–H groups in total. The molecule has 5 heteroatoms. The van der Waals surface area contributed by atoms with Gasteiger partial charge in [-0.25, -0.2) is 4.31 Å². The fourth-order valence-electron chi connectivity index (χ4n) is 3.59. The Morgan fingerprint density at radius 3 is 2.44 bits per heavy atom. The van der Waals surface area contributed by atoms with Crippen molar-refractivity contribution in [2.45, 2.75) is 18.2 Å². The van der Waals surface area contributed by atoms with Crippen LogP contribution >= 0.6 is 11.9 Å². The monoisotopic (exact) mass is 353 g/mol. The van der Waals surface area contributed by atoms with Gasteiger partial charge in [-0.1, -0.05) is 18.2 Å². The highest BCUT2D eigenvalue weighted by Crippen LogP contribution is 2.33. The van der Waals surface area contributed by atoms with Crippen LogP contribution in [0.4, 0.5) is 11.4 Å². The lowest BCUT2D eigenvalue weighted by atomic mass is 10.2. The quantitative estimate of drug-likeness (QED) is 0.790. The summed E-state index contributed by atoms with van der Waals surface area (Å²) >= 11 is 1.84. The first-order valence-corrected chi connectivity index (χ1v) is 9.62. The van der Waals surface area contributed by atoms with Gasteiger partial charge in [0.15, 0.2) is 0 Å². The van der Waals surface area contributed by atoms with Crippen molar-refractivity contribution in [2.75, 3.05) is 42.5 Å². The van der Waals surface area contributed by atoms with Crippen LogP contribution in [0.3, 0.4) is 0 Å². The van der Waals surface area contributed by atoms with Gasteiger partial charge in [-0.15, -0.1) is 0 Å². The van der Waals surface area contributed by atoms with Gasteiger partial charge in [0.2, 0.25) is 5.91 Å². The van der Waals surface area contributed by atoms with Gasteiger partial charge in [0.1, 0.15) is 0 Å². The number of anilines is 2. The average Bonchev–Trinajstić information content (AvgIpc) is 3.07. The number of carbonyl (C=O) groups is 1. The summed E-state index contributed by atoms with van der Waals surface area (Å²) in [6.07, 6.45) is 0.963. The molecule has 0 saturated carbocycles. The van der Waals surface area contributed by atoms with Crippen molar-refractivity contribution < 1.29 is 4.79 Å². The minimum absolute atomic E-state index is 0.135. The molecule has 1 fully saturated rings. The van der Waals surface area contributed by atoms with Gasteiger partial charge in [0.05, 0.1) is 0 Å². The summed E-state index contributed by atoms with van der Waals surface area (Å²) in [5.74, 6) is 0.135. The number of rotatable bonds is 3. The fraction of sp³-hybridized carbons (Fsp3) is 0.350. The van der Waals surface area contributed by atoms with E-state index in [0.29, 0.717) is 0 Å². The van der Waals surface area contributed by atoms with Gasteiger partial charge in [0.25, 0.3) is 0 Å². The largest absolute Gasteiger partial charge is 0.369 e. The molecule has 2 aliphatic heterocycles. The molecular weight excluding hydrogens is 330 g/mol. The summed E-state index contributed by atoms with van der Waals surface area (Å²) in [5.41, 5.74) is 3.70. The van der Waals surface area contributed by atoms with E-state index in [-0.39, 0.29) is 5.91 Å². The van der Waals surface area contributed by atoms with E-state index in [0.717, 1.165) is 44.8 Å². The minimum Gasteiger partial charge on any atom is -0.369 e. The van der Waals surface area contributed by atoms with Crippen LogP contribution in [0.2, 0.25) is 0 Å². The summed E-state index contributed by atoms with van der Waals surface area (Å²) in [4.78, 5) is 17.3. The van der Waals surface area contributed by atoms with E-state index in [2.05, 4.69) is 57.7 Å². The van der Waals surface area contributed by atoms with Crippen molar-refractivity contribution in [1.82, 2.24) is 4.31 Å². The zero-order valence-corrected chi connectivity index (χ0v) is 15.3. The minimum atomic E-state index is 0.135. The molecule has 4 rings (SSSR count). The number of benzene rings is 2. The molecule has 0 unspecified atom stereocenters. The van der Waals surface area contributed by atoms with Gasteiger partial charge in [-0.3, -0.25) is 4.79 Å². The van der Waals surface area contributed by atoms with E-state index in [4.69, 9.17) is 0 Å². The van der Waals surface area contributed by atoms with Gasteiger partial charge in [-0.05, 0) is 54.3 Å². The predicted molar refractivity (Wildman–Crippen MR) is 104 cm³/mol. The Bertz CT molecular complexity index is 757. The molecule has 130 valence electrons. The molecule has 4 nitrogen and oxygen atoms in total. The van der Waals surface area contributed by atoms with Crippen molar-refractivity contribution in [2.24, 2.45) is 0 Å². The lowest BCUT2D eigenvalue weighted by Gasteiger charge is -2.35. The predicted octanol–water partition coefficient (Wildman–Crippen LogP) is 3.42. The van der Waals surface area contributed by atoms with Crippen LogP contribution in [-0.2, 0) is 11.2 Å². The number of fused-ring (bicyclic) bond motifs is 1. The molecule has 1 saturated heterocycles. The van der Waals surface area contributed by atoms with Crippen molar-refractivity contribution in [3.8, 4) is 0 Å². The average molecular weight is 353 g/mol. The third-order valence-electron chi connectivity index (χ3n) is 4.92. The maximum atomic E-state index is 11.7. The van der Waals surface area contributed by atoms with E-state index < -0.39 is 0 Å². The maximum Gasteiger partial charge on any atom is 0.223 e. The highest BCUT2D eigenvalue weighted by molar-refractivity contribution is 7.97. The number of amides is 1. The van der Waals surface area contributed by atoms with Crippen LogP contribution in [0, 0.1) is 0 Å². The molecule has 2 heterocycles. The summed E-state index contributed by atoms with van der Waals surface area (Å²) in [6, 6.07) is 17.1. The van der Waals surface area contributed by atoms with Crippen molar-refractivity contribution >= 4 is 29.2 Å². The summed E-state index contributed by atoms with van der Waals surface area (Å²) in [6.45, 7) is 6.67. The zero-order chi connectivity index (χ0) is 17.2. The van der Waals surface area contributed by atoms with Gasteiger partial charge in [0, 0.05) is 55.9 Å². The van der Waals surface area contributed by atoms with Crippen molar-refractivity contribution in [1.29, 1.82) is 0 Å². The van der Waals surface area contributed by atoms with Crippen LogP contribution in [0.15, 0.2) is 53.4 Å². The second-order valence-corrected chi connectivity index (χ2v) is 7.72. The number of nitrogens with zero attached hydrogens (tertiary/aromatic N) is 3. The van der Waals surface area contributed by atoms with E-state index in [1.165, 1.54) is 16.1 Å². The Kier molecular flexibility index (Phi) is 4.68. The Hall–Kier alpha value is -1.98. The molecule has 25 heavy (non-hydrogen) atoms. The molecule has 0 atom stereocenters. The molecule has 1 amide bonds. The lowest BCUT2D eigenvalue weighted by molar-refractivity contribution is -0.116. The second kappa shape index (κ2) is 7.10. The van der Waals surface area contributed by atoms with E-state index in [1.807, 2.05) is 16.8 Å². The smallest absolute Gasteiger partial charge is 0.223 e. The standard InChI is InChI=1S/C20H23N3OS/c1-16(24)23-10-9-17-15-19(7-8-20(17)23)25-22-13-11-21(12-14-22)18-5-3-2-4-6-18/h2-8,15H,9-14H2,1H3. The van der Waals surface area contributed by atoms with Gasteiger partial charge < -0.3 is 9.80 Å². The third-order valence-corrected chi connectivity index (χ3v) is 6.01. The molecule has 0 aliphatic carbocycles. The first-order chi connectivity index (χ1) is 12.2.